The van der Waals surface area contributed by atoms with E-state index in [-0.39, 0.29) is 17.9 Å². The van der Waals surface area contributed by atoms with Crippen molar-refractivity contribution in [2.45, 2.75) is 39.3 Å². The van der Waals surface area contributed by atoms with Crippen LogP contribution in [0.1, 0.15) is 47.2 Å². The molecule has 0 saturated carbocycles. The third kappa shape index (κ3) is 3.78. The summed E-state index contributed by atoms with van der Waals surface area (Å²) in [5.41, 5.74) is 7.73. The van der Waals surface area contributed by atoms with Crippen molar-refractivity contribution in [3.63, 3.8) is 0 Å². The van der Waals surface area contributed by atoms with Gasteiger partial charge < -0.3 is 14.8 Å². The first-order valence-corrected chi connectivity index (χ1v) is 11.9. The second-order valence-electron chi connectivity index (χ2n) is 8.62. The second-order valence-corrected chi connectivity index (χ2v) is 9.00. The van der Waals surface area contributed by atoms with Crippen molar-refractivity contribution >= 4 is 23.0 Å². The van der Waals surface area contributed by atoms with E-state index >= 15 is 0 Å². The number of hydrogen-bond donors (Lipinski definition) is 1. The van der Waals surface area contributed by atoms with E-state index in [0.717, 1.165) is 34.8 Å². The van der Waals surface area contributed by atoms with Gasteiger partial charge in [-0.15, -0.1) is 0 Å². The first-order chi connectivity index (χ1) is 16.5. The number of benzene rings is 2. The summed E-state index contributed by atoms with van der Waals surface area (Å²) in [7, 11) is 0. The highest BCUT2D eigenvalue weighted by atomic mass is 32.1. The first kappa shape index (κ1) is 22.3. The number of para-hydroxylation sites is 1. The predicted octanol–water partition coefficient (Wildman–Crippen LogP) is 6.37. The van der Waals surface area contributed by atoms with Crippen LogP contribution in [0.3, 0.4) is 0 Å². The number of nitrogens with zero attached hydrogens (tertiary/aromatic N) is 3. The van der Waals surface area contributed by atoms with Gasteiger partial charge >= 0.3 is 0 Å². The molecule has 172 valence electrons. The largest absolute Gasteiger partial charge is 0.351 e. The van der Waals surface area contributed by atoms with E-state index in [1.807, 2.05) is 18.2 Å². The minimum atomic E-state index is -0.269. The van der Waals surface area contributed by atoms with Gasteiger partial charge in [-0.2, -0.15) is 0 Å². The maximum atomic E-state index is 13.7. The molecule has 4 aromatic rings. The van der Waals surface area contributed by atoms with E-state index in [1.165, 1.54) is 23.4 Å². The lowest BCUT2D eigenvalue weighted by Gasteiger charge is -2.28. The average molecular weight is 471 g/mol. The molecule has 0 radical (unpaired) electrons. The van der Waals surface area contributed by atoms with Crippen LogP contribution in [0.25, 0.3) is 5.69 Å². The molecule has 0 amide bonds. The zero-order valence-corrected chi connectivity index (χ0v) is 20.3. The maximum absolute atomic E-state index is 13.7. The van der Waals surface area contributed by atoms with Crippen LogP contribution in [0.4, 0.5) is 10.1 Å². The topological polar surface area (TPSA) is 33.1 Å². The molecule has 2 aromatic carbocycles. The fourth-order valence-corrected chi connectivity index (χ4v) is 5.38. The van der Waals surface area contributed by atoms with Gasteiger partial charge in [-0.05, 0) is 92.1 Å². The average Bonchev–Trinajstić information content (AvgIpc) is 3.35. The summed E-state index contributed by atoms with van der Waals surface area (Å²) >= 11 is 5.81. The lowest BCUT2D eigenvalue weighted by atomic mass is 9.96. The Morgan fingerprint density at radius 3 is 2.44 bits per heavy atom. The van der Waals surface area contributed by atoms with E-state index in [2.05, 4.69) is 70.9 Å². The van der Waals surface area contributed by atoms with Gasteiger partial charge in [0.1, 0.15) is 5.82 Å². The van der Waals surface area contributed by atoms with Gasteiger partial charge in [0.15, 0.2) is 5.11 Å². The Bertz CT molecular complexity index is 1330. The lowest BCUT2D eigenvalue weighted by molar-refractivity contribution is 0.565. The molecule has 1 saturated heterocycles. The second kappa shape index (κ2) is 9.03. The van der Waals surface area contributed by atoms with E-state index in [0.29, 0.717) is 5.11 Å². The third-order valence-corrected chi connectivity index (χ3v) is 6.92. The monoisotopic (exact) mass is 470 g/mol. The minimum absolute atomic E-state index is 0.137. The van der Waals surface area contributed by atoms with Crippen LogP contribution in [0.15, 0.2) is 79.0 Å². The summed E-state index contributed by atoms with van der Waals surface area (Å²) in [5.74, 6) is -0.269. The highest BCUT2D eigenvalue weighted by Gasteiger charge is 2.42. The van der Waals surface area contributed by atoms with Gasteiger partial charge in [-0.25, -0.2) is 4.39 Å². The van der Waals surface area contributed by atoms with Gasteiger partial charge in [-0.3, -0.25) is 4.98 Å². The van der Waals surface area contributed by atoms with Crippen LogP contribution in [-0.2, 0) is 6.42 Å². The van der Waals surface area contributed by atoms with Gasteiger partial charge in [0.25, 0.3) is 0 Å². The molecule has 0 unspecified atom stereocenters. The summed E-state index contributed by atoms with van der Waals surface area (Å²) in [6.45, 7) is 6.48. The Labute approximate surface area is 205 Å². The first-order valence-electron chi connectivity index (χ1n) is 11.5. The molecule has 2 atom stereocenters. The molecule has 0 spiro atoms. The molecule has 6 heteroatoms. The zero-order chi connectivity index (χ0) is 23.8. The fraction of sp³-hybridized carbons (Fsp3) is 0.214. The summed E-state index contributed by atoms with van der Waals surface area (Å²) in [4.78, 5) is 6.73. The Kier molecular flexibility index (Phi) is 5.92. The molecular formula is C28H27FN4S. The Morgan fingerprint density at radius 2 is 1.74 bits per heavy atom. The van der Waals surface area contributed by atoms with Crippen molar-refractivity contribution in [3.05, 3.63) is 113 Å². The van der Waals surface area contributed by atoms with Gasteiger partial charge in [0.2, 0.25) is 0 Å². The Balaban J connectivity index is 1.69. The normalized spacial score (nSPS) is 17.8. The van der Waals surface area contributed by atoms with Crippen LogP contribution in [0.5, 0.6) is 0 Å². The van der Waals surface area contributed by atoms with E-state index < -0.39 is 0 Å². The van der Waals surface area contributed by atoms with Gasteiger partial charge in [-0.1, -0.05) is 31.2 Å². The van der Waals surface area contributed by atoms with Gasteiger partial charge in [0, 0.05) is 29.0 Å². The molecular weight excluding hydrogens is 443 g/mol. The van der Waals surface area contributed by atoms with Crippen molar-refractivity contribution in [2.24, 2.45) is 0 Å². The van der Waals surface area contributed by atoms with Crippen molar-refractivity contribution in [3.8, 4) is 5.69 Å². The van der Waals surface area contributed by atoms with Crippen LogP contribution in [0, 0.1) is 19.7 Å². The number of thiocarbonyl (C=S) groups is 1. The molecule has 4 nitrogen and oxygen atoms in total. The van der Waals surface area contributed by atoms with E-state index in [1.54, 1.807) is 18.3 Å². The number of rotatable bonds is 5. The Hall–Kier alpha value is -3.51. The van der Waals surface area contributed by atoms with Gasteiger partial charge in [0.05, 0.1) is 17.8 Å². The molecule has 2 aromatic heterocycles. The van der Waals surface area contributed by atoms with Crippen molar-refractivity contribution in [1.29, 1.82) is 0 Å². The third-order valence-electron chi connectivity index (χ3n) is 6.61. The highest BCUT2D eigenvalue weighted by molar-refractivity contribution is 7.80. The van der Waals surface area contributed by atoms with Crippen LogP contribution in [-0.4, -0.2) is 14.7 Å². The fourth-order valence-electron chi connectivity index (χ4n) is 5.04. The highest BCUT2D eigenvalue weighted by Crippen LogP contribution is 2.43. The quantitative estimate of drug-likeness (QED) is 0.344. The molecule has 1 aliphatic rings. The summed E-state index contributed by atoms with van der Waals surface area (Å²) < 4.78 is 16.1. The van der Waals surface area contributed by atoms with E-state index in [9.17, 15) is 4.39 Å². The molecule has 0 bridgehead atoms. The summed E-state index contributed by atoms with van der Waals surface area (Å²) in [6.07, 6.45) is 2.76. The van der Waals surface area contributed by atoms with E-state index in [4.69, 9.17) is 12.2 Å². The number of pyridine rings is 1. The number of anilines is 1. The number of aryl methyl sites for hydroxylation is 2. The maximum Gasteiger partial charge on any atom is 0.174 e. The summed E-state index contributed by atoms with van der Waals surface area (Å²) in [6, 6.07) is 22.9. The smallest absolute Gasteiger partial charge is 0.174 e. The Morgan fingerprint density at radius 1 is 1.00 bits per heavy atom. The van der Waals surface area contributed by atoms with Crippen molar-refractivity contribution < 1.29 is 4.39 Å². The minimum Gasteiger partial charge on any atom is -0.351 e. The molecule has 1 fully saturated rings. The molecule has 34 heavy (non-hydrogen) atoms. The molecule has 3 heterocycles. The number of hydrogen-bond acceptors (Lipinski definition) is 2. The van der Waals surface area contributed by atoms with Crippen molar-refractivity contribution in [2.75, 3.05) is 4.90 Å². The lowest BCUT2D eigenvalue weighted by Crippen LogP contribution is -2.29. The van der Waals surface area contributed by atoms with Crippen LogP contribution in [0.2, 0.25) is 0 Å². The SMILES string of the molecule is CCc1ccccc1-n1c(C)cc([C@H]2[C@H](c3ccccn3)NC(=S)N2c2ccc(F)cc2)c1C. The van der Waals surface area contributed by atoms with Crippen molar-refractivity contribution in [1.82, 2.24) is 14.9 Å². The number of aromatic nitrogens is 2. The molecule has 5 rings (SSSR count). The molecule has 1 N–H and O–H groups in total. The standard InChI is InChI=1S/C28H27FN4S/c1-4-20-9-5-6-11-25(20)32-18(2)17-23(19(32)3)27-26(24-10-7-8-16-30-24)31-28(34)33(27)22-14-12-21(29)13-15-22/h5-17,26-27H,4H2,1-3H3,(H,31,34)/t26-,27-/m0/s1. The number of halogens is 1. The zero-order valence-electron chi connectivity index (χ0n) is 19.5. The molecule has 0 aliphatic carbocycles. The predicted molar refractivity (Wildman–Crippen MR) is 139 cm³/mol. The number of nitrogens with one attached hydrogen (secondary N) is 1. The van der Waals surface area contributed by atoms with Crippen LogP contribution >= 0.6 is 12.2 Å². The van der Waals surface area contributed by atoms with Crippen LogP contribution < -0.4 is 10.2 Å². The summed E-state index contributed by atoms with van der Waals surface area (Å²) in [5, 5.41) is 4.09. The molecule has 1 aliphatic heterocycles.